The third-order valence-corrected chi connectivity index (χ3v) is 4.75. The Kier molecular flexibility index (Phi) is 6.32. The lowest BCUT2D eigenvalue weighted by molar-refractivity contribution is 0.0885. The Morgan fingerprint density at radius 2 is 1.88 bits per heavy atom. The molecule has 6 heteroatoms. The van der Waals surface area contributed by atoms with E-state index < -0.39 is 0 Å². The predicted octanol–water partition coefficient (Wildman–Crippen LogP) is 2.36. The Labute approximate surface area is 143 Å². The summed E-state index contributed by atoms with van der Waals surface area (Å²) in [5.74, 6) is 0.690. The molecule has 2 aromatic rings. The van der Waals surface area contributed by atoms with E-state index in [2.05, 4.69) is 20.3 Å². The van der Waals surface area contributed by atoms with Gasteiger partial charge in [-0.3, -0.25) is 4.90 Å². The number of rotatable bonds is 8. The average molecular weight is 329 g/mol. The summed E-state index contributed by atoms with van der Waals surface area (Å²) >= 11 is 0. The maximum absolute atomic E-state index is 9.44. The zero-order valence-electron chi connectivity index (χ0n) is 14.2. The molecule has 1 N–H and O–H groups in total. The van der Waals surface area contributed by atoms with E-state index in [1.165, 1.54) is 12.8 Å². The highest BCUT2D eigenvalue weighted by Crippen LogP contribution is 2.17. The van der Waals surface area contributed by atoms with E-state index in [0.29, 0.717) is 18.5 Å². The number of nitrogens with zero attached hydrogens (tertiary/aromatic N) is 5. The summed E-state index contributed by atoms with van der Waals surface area (Å²) in [7, 11) is 0. The number of piperidine rings is 1. The first-order valence-corrected chi connectivity index (χ1v) is 9.05. The Morgan fingerprint density at radius 3 is 2.71 bits per heavy atom. The van der Waals surface area contributed by atoms with Gasteiger partial charge in [0.2, 0.25) is 5.82 Å². The normalized spacial score (nSPS) is 18.8. The minimum atomic E-state index is 0.297. The van der Waals surface area contributed by atoms with Crippen molar-refractivity contribution >= 4 is 0 Å². The van der Waals surface area contributed by atoms with Crippen molar-refractivity contribution < 1.29 is 5.11 Å². The number of aryl methyl sites for hydroxylation is 1. The number of hydrogen-bond acceptors (Lipinski definition) is 5. The van der Waals surface area contributed by atoms with Crippen LogP contribution in [0.25, 0.3) is 11.4 Å². The van der Waals surface area contributed by atoms with Crippen LogP contribution in [0.2, 0.25) is 0 Å². The summed E-state index contributed by atoms with van der Waals surface area (Å²) in [6.07, 6.45) is 7.03. The van der Waals surface area contributed by atoms with Crippen LogP contribution in [0.15, 0.2) is 30.3 Å². The molecule has 0 saturated carbocycles. The smallest absolute Gasteiger partial charge is 0.204 e. The Morgan fingerprint density at radius 1 is 1.04 bits per heavy atom. The van der Waals surface area contributed by atoms with Crippen molar-refractivity contribution in [3.05, 3.63) is 30.3 Å². The molecule has 1 unspecified atom stereocenters. The first kappa shape index (κ1) is 17.0. The van der Waals surface area contributed by atoms with Gasteiger partial charge in [-0.25, -0.2) is 0 Å². The molecule has 24 heavy (non-hydrogen) atoms. The van der Waals surface area contributed by atoms with Crippen LogP contribution in [0.4, 0.5) is 0 Å². The summed E-state index contributed by atoms with van der Waals surface area (Å²) in [6.45, 7) is 3.33. The Balaban J connectivity index is 1.37. The van der Waals surface area contributed by atoms with E-state index >= 15 is 0 Å². The topological polar surface area (TPSA) is 67.1 Å². The van der Waals surface area contributed by atoms with Gasteiger partial charge in [0.1, 0.15) is 0 Å². The minimum absolute atomic E-state index is 0.297. The van der Waals surface area contributed by atoms with Crippen molar-refractivity contribution in [2.45, 2.75) is 51.1 Å². The second kappa shape index (κ2) is 8.89. The number of tetrazole rings is 1. The molecule has 1 atom stereocenters. The predicted molar refractivity (Wildman–Crippen MR) is 93.4 cm³/mol. The van der Waals surface area contributed by atoms with E-state index in [-0.39, 0.29) is 0 Å². The molecule has 1 aliphatic heterocycles. The van der Waals surface area contributed by atoms with E-state index in [0.717, 1.165) is 50.9 Å². The molecule has 1 saturated heterocycles. The van der Waals surface area contributed by atoms with Crippen molar-refractivity contribution in [3.63, 3.8) is 0 Å². The van der Waals surface area contributed by atoms with Crippen LogP contribution in [0.3, 0.4) is 0 Å². The van der Waals surface area contributed by atoms with Gasteiger partial charge in [-0.2, -0.15) is 4.80 Å². The largest absolute Gasteiger partial charge is 0.395 e. The number of aromatic nitrogens is 4. The van der Waals surface area contributed by atoms with Gasteiger partial charge in [0, 0.05) is 11.6 Å². The third kappa shape index (κ3) is 4.61. The molecule has 6 nitrogen and oxygen atoms in total. The maximum Gasteiger partial charge on any atom is 0.204 e. The lowest BCUT2D eigenvalue weighted by Gasteiger charge is -2.34. The standard InChI is InChI=1S/C18H27N5O/c24-15-17-11-5-8-13-22(17)12-6-2-7-14-23-20-18(19-21-23)16-9-3-1-4-10-16/h1,3-4,9-10,17,24H,2,5-8,11-15H2. The lowest BCUT2D eigenvalue weighted by Crippen LogP contribution is -2.42. The Bertz CT molecular complexity index is 600. The molecule has 0 aliphatic carbocycles. The number of likely N-dealkylation sites (tertiary alicyclic amines) is 1. The molecule has 3 rings (SSSR count). The fraction of sp³-hybridized carbons (Fsp3) is 0.611. The van der Waals surface area contributed by atoms with Gasteiger partial charge in [0.05, 0.1) is 13.2 Å². The number of benzene rings is 1. The van der Waals surface area contributed by atoms with Crippen LogP contribution in [-0.2, 0) is 6.54 Å². The SMILES string of the molecule is OCC1CCCCN1CCCCCn1nnc(-c2ccccc2)n1. The van der Waals surface area contributed by atoms with Gasteiger partial charge < -0.3 is 5.11 Å². The van der Waals surface area contributed by atoms with Crippen molar-refractivity contribution in [1.82, 2.24) is 25.1 Å². The number of unbranched alkanes of at least 4 members (excludes halogenated alkanes) is 2. The molecule has 1 fully saturated rings. The molecular formula is C18H27N5O. The van der Waals surface area contributed by atoms with Crippen LogP contribution in [-0.4, -0.2) is 56.0 Å². The van der Waals surface area contributed by atoms with Crippen LogP contribution in [0, 0.1) is 0 Å². The van der Waals surface area contributed by atoms with Gasteiger partial charge in [-0.15, -0.1) is 10.2 Å². The summed E-state index contributed by atoms with van der Waals surface area (Å²) in [4.78, 5) is 4.14. The van der Waals surface area contributed by atoms with Gasteiger partial charge in [0.15, 0.2) is 0 Å². The van der Waals surface area contributed by atoms with Crippen LogP contribution in [0.5, 0.6) is 0 Å². The number of hydrogen-bond donors (Lipinski definition) is 1. The monoisotopic (exact) mass is 329 g/mol. The van der Waals surface area contributed by atoms with E-state index in [9.17, 15) is 5.11 Å². The van der Waals surface area contributed by atoms with Gasteiger partial charge >= 0.3 is 0 Å². The molecule has 0 radical (unpaired) electrons. The number of aliphatic hydroxyl groups excluding tert-OH is 1. The van der Waals surface area contributed by atoms with Crippen molar-refractivity contribution in [1.29, 1.82) is 0 Å². The Hall–Kier alpha value is -1.79. The molecule has 0 spiro atoms. The fourth-order valence-corrected chi connectivity index (χ4v) is 3.35. The maximum atomic E-state index is 9.44. The molecule has 2 heterocycles. The number of aliphatic hydroxyl groups is 1. The van der Waals surface area contributed by atoms with Crippen molar-refractivity contribution in [2.75, 3.05) is 19.7 Å². The zero-order chi connectivity index (χ0) is 16.6. The van der Waals surface area contributed by atoms with Crippen LogP contribution < -0.4 is 0 Å². The molecule has 1 aromatic heterocycles. The second-order valence-corrected chi connectivity index (χ2v) is 6.50. The van der Waals surface area contributed by atoms with Crippen molar-refractivity contribution in [3.8, 4) is 11.4 Å². The van der Waals surface area contributed by atoms with Crippen LogP contribution >= 0.6 is 0 Å². The highest BCUT2D eigenvalue weighted by molar-refractivity contribution is 5.52. The van der Waals surface area contributed by atoms with Gasteiger partial charge in [-0.1, -0.05) is 43.2 Å². The lowest BCUT2D eigenvalue weighted by atomic mass is 10.0. The summed E-state index contributed by atoms with van der Waals surface area (Å²) in [5.41, 5.74) is 1.00. The molecule has 0 amide bonds. The van der Waals surface area contributed by atoms with E-state index in [1.807, 2.05) is 30.3 Å². The van der Waals surface area contributed by atoms with Gasteiger partial charge in [-0.05, 0) is 44.0 Å². The quantitative estimate of drug-likeness (QED) is 0.753. The molecule has 1 aliphatic rings. The fourth-order valence-electron chi connectivity index (χ4n) is 3.35. The zero-order valence-corrected chi connectivity index (χ0v) is 14.2. The molecule has 130 valence electrons. The van der Waals surface area contributed by atoms with E-state index in [1.54, 1.807) is 4.80 Å². The van der Waals surface area contributed by atoms with Crippen molar-refractivity contribution in [2.24, 2.45) is 0 Å². The second-order valence-electron chi connectivity index (χ2n) is 6.50. The van der Waals surface area contributed by atoms with Crippen LogP contribution in [0.1, 0.15) is 38.5 Å². The first-order valence-electron chi connectivity index (χ1n) is 9.05. The minimum Gasteiger partial charge on any atom is -0.395 e. The van der Waals surface area contributed by atoms with Gasteiger partial charge in [0.25, 0.3) is 0 Å². The average Bonchev–Trinajstić information content (AvgIpc) is 3.11. The summed E-state index contributed by atoms with van der Waals surface area (Å²) in [6, 6.07) is 10.3. The molecule has 0 bridgehead atoms. The highest BCUT2D eigenvalue weighted by Gasteiger charge is 2.20. The molecular weight excluding hydrogens is 302 g/mol. The summed E-state index contributed by atoms with van der Waals surface area (Å²) in [5, 5.41) is 22.1. The summed E-state index contributed by atoms with van der Waals surface area (Å²) < 4.78 is 0. The molecule has 1 aromatic carbocycles. The first-order chi connectivity index (χ1) is 11.9. The highest BCUT2D eigenvalue weighted by atomic mass is 16.3. The third-order valence-electron chi connectivity index (χ3n) is 4.75. The van der Waals surface area contributed by atoms with E-state index in [4.69, 9.17) is 0 Å².